The van der Waals surface area contributed by atoms with Crippen LogP contribution in [-0.4, -0.2) is 5.16 Å². The second kappa shape index (κ2) is 2.49. The molecule has 2 nitrogen and oxygen atoms in total. The van der Waals surface area contributed by atoms with E-state index in [0.29, 0.717) is 0 Å². The highest BCUT2D eigenvalue weighted by Crippen LogP contribution is 2.08. The molecule has 2 heteroatoms. The zero-order valence-electron chi connectivity index (χ0n) is 5.59. The Bertz CT molecular complexity index is 199. The summed E-state index contributed by atoms with van der Waals surface area (Å²) in [6, 6.07) is 1.84. The molecule has 0 aliphatic rings. The van der Waals surface area contributed by atoms with Crippen LogP contribution in [0.3, 0.4) is 0 Å². The van der Waals surface area contributed by atoms with Crippen molar-refractivity contribution in [3.05, 3.63) is 24.1 Å². The minimum absolute atomic E-state index is 0.914. The van der Waals surface area contributed by atoms with Crippen molar-refractivity contribution in [2.45, 2.75) is 13.8 Å². The average molecular weight is 123 g/mol. The first-order valence-electron chi connectivity index (χ1n) is 2.88. The van der Waals surface area contributed by atoms with E-state index in [1.807, 2.05) is 26.0 Å². The number of allylic oxidation sites excluding steroid dienone is 2. The van der Waals surface area contributed by atoms with Crippen LogP contribution in [0.1, 0.15) is 19.5 Å². The Morgan fingerprint density at radius 1 is 1.78 bits per heavy atom. The zero-order valence-corrected chi connectivity index (χ0v) is 5.59. The monoisotopic (exact) mass is 123 g/mol. The summed E-state index contributed by atoms with van der Waals surface area (Å²) in [5.74, 6) is 0. The number of nitrogens with zero attached hydrogens (tertiary/aromatic N) is 1. The lowest BCUT2D eigenvalue weighted by Crippen LogP contribution is -1.74. The molecule has 0 atom stereocenters. The molecule has 1 rings (SSSR count). The van der Waals surface area contributed by atoms with Crippen molar-refractivity contribution >= 4 is 5.57 Å². The van der Waals surface area contributed by atoms with Crippen LogP contribution in [0, 0.1) is 0 Å². The highest BCUT2D eigenvalue weighted by molar-refractivity contribution is 5.58. The molecular formula is C7H9NO. The van der Waals surface area contributed by atoms with Crippen molar-refractivity contribution in [1.82, 2.24) is 5.16 Å². The average Bonchev–Trinajstić information content (AvgIpc) is 2.37. The Kier molecular flexibility index (Phi) is 1.68. The predicted octanol–water partition coefficient (Wildman–Crippen LogP) is 2.10. The molecule has 0 amide bonds. The molecule has 48 valence electrons. The standard InChI is InChI=1S/C7H9NO/c1-3-6(2)7-4-5-9-8-7/h3-5H,1-2H3. The van der Waals surface area contributed by atoms with E-state index in [2.05, 4.69) is 9.68 Å². The lowest BCUT2D eigenvalue weighted by Gasteiger charge is -1.87. The molecule has 0 aliphatic carbocycles. The Balaban J connectivity index is 2.90. The number of rotatable bonds is 1. The van der Waals surface area contributed by atoms with Crippen LogP contribution < -0.4 is 0 Å². The molecule has 1 aromatic heterocycles. The molecule has 0 aliphatic heterocycles. The highest BCUT2D eigenvalue weighted by atomic mass is 16.5. The van der Waals surface area contributed by atoms with E-state index in [-0.39, 0.29) is 0 Å². The maximum atomic E-state index is 4.65. The summed E-state index contributed by atoms with van der Waals surface area (Å²) in [4.78, 5) is 0. The molecule has 1 heterocycles. The van der Waals surface area contributed by atoms with Crippen LogP contribution in [0.4, 0.5) is 0 Å². The smallest absolute Gasteiger partial charge is 0.124 e. The minimum atomic E-state index is 0.914. The maximum absolute atomic E-state index is 4.65. The molecule has 0 N–H and O–H groups in total. The quantitative estimate of drug-likeness (QED) is 0.571. The number of hydrogen-bond acceptors (Lipinski definition) is 2. The van der Waals surface area contributed by atoms with E-state index in [4.69, 9.17) is 0 Å². The van der Waals surface area contributed by atoms with Gasteiger partial charge in [0.25, 0.3) is 0 Å². The van der Waals surface area contributed by atoms with E-state index in [9.17, 15) is 0 Å². The van der Waals surface area contributed by atoms with E-state index in [1.165, 1.54) is 0 Å². The molecule has 0 radical (unpaired) electrons. The Morgan fingerprint density at radius 3 is 3.00 bits per heavy atom. The molecule has 0 fully saturated rings. The second-order valence-corrected chi connectivity index (χ2v) is 1.86. The summed E-state index contributed by atoms with van der Waals surface area (Å²) in [5.41, 5.74) is 2.06. The molecule has 0 aromatic carbocycles. The van der Waals surface area contributed by atoms with Crippen LogP contribution in [0.15, 0.2) is 22.9 Å². The summed E-state index contributed by atoms with van der Waals surface area (Å²) < 4.78 is 4.65. The van der Waals surface area contributed by atoms with Crippen molar-refractivity contribution in [1.29, 1.82) is 0 Å². The third-order valence-electron chi connectivity index (χ3n) is 1.27. The van der Waals surface area contributed by atoms with Gasteiger partial charge in [-0.2, -0.15) is 0 Å². The Hall–Kier alpha value is -1.05. The normalized spacial score (nSPS) is 12.0. The van der Waals surface area contributed by atoms with Crippen LogP contribution in [-0.2, 0) is 0 Å². The third kappa shape index (κ3) is 1.19. The molecule has 0 spiro atoms. The van der Waals surface area contributed by atoms with Crippen molar-refractivity contribution in [2.75, 3.05) is 0 Å². The van der Waals surface area contributed by atoms with Gasteiger partial charge in [0.15, 0.2) is 0 Å². The molecule has 1 aromatic rings. The Labute approximate surface area is 54.2 Å². The lowest BCUT2D eigenvalue weighted by atomic mass is 10.2. The van der Waals surface area contributed by atoms with E-state index in [0.717, 1.165) is 11.3 Å². The largest absolute Gasteiger partial charge is 0.364 e. The van der Waals surface area contributed by atoms with Crippen LogP contribution in [0.2, 0.25) is 0 Å². The van der Waals surface area contributed by atoms with E-state index < -0.39 is 0 Å². The summed E-state index contributed by atoms with van der Waals surface area (Å²) in [6.45, 7) is 3.97. The van der Waals surface area contributed by atoms with Gasteiger partial charge in [0.2, 0.25) is 0 Å². The molecule has 0 saturated carbocycles. The number of hydrogen-bond donors (Lipinski definition) is 0. The van der Waals surface area contributed by atoms with Crippen molar-refractivity contribution in [3.8, 4) is 0 Å². The molecular weight excluding hydrogens is 114 g/mol. The molecule has 0 unspecified atom stereocenters. The fraction of sp³-hybridized carbons (Fsp3) is 0.286. The van der Waals surface area contributed by atoms with Crippen molar-refractivity contribution in [3.63, 3.8) is 0 Å². The molecule has 0 saturated heterocycles. The topological polar surface area (TPSA) is 26.0 Å². The van der Waals surface area contributed by atoms with Gasteiger partial charge in [-0.05, 0) is 19.4 Å². The number of aromatic nitrogens is 1. The zero-order chi connectivity index (χ0) is 6.69. The van der Waals surface area contributed by atoms with Crippen LogP contribution >= 0.6 is 0 Å². The van der Waals surface area contributed by atoms with Gasteiger partial charge < -0.3 is 4.52 Å². The van der Waals surface area contributed by atoms with Crippen LogP contribution in [0.25, 0.3) is 5.57 Å². The summed E-state index contributed by atoms with van der Waals surface area (Å²) in [5, 5.41) is 3.74. The molecule has 9 heavy (non-hydrogen) atoms. The van der Waals surface area contributed by atoms with Gasteiger partial charge in [0.1, 0.15) is 12.0 Å². The van der Waals surface area contributed by atoms with Gasteiger partial charge in [0, 0.05) is 6.07 Å². The van der Waals surface area contributed by atoms with Gasteiger partial charge >= 0.3 is 0 Å². The summed E-state index contributed by atoms with van der Waals surface area (Å²) in [6.07, 6.45) is 3.57. The lowest BCUT2D eigenvalue weighted by molar-refractivity contribution is 0.417. The summed E-state index contributed by atoms with van der Waals surface area (Å²) in [7, 11) is 0. The van der Waals surface area contributed by atoms with Gasteiger partial charge in [-0.15, -0.1) is 0 Å². The van der Waals surface area contributed by atoms with E-state index in [1.54, 1.807) is 6.26 Å². The minimum Gasteiger partial charge on any atom is -0.364 e. The molecule has 0 bridgehead atoms. The second-order valence-electron chi connectivity index (χ2n) is 1.86. The SMILES string of the molecule is CC=C(C)c1ccon1. The first-order chi connectivity index (χ1) is 4.34. The van der Waals surface area contributed by atoms with Crippen LogP contribution in [0.5, 0.6) is 0 Å². The van der Waals surface area contributed by atoms with E-state index >= 15 is 0 Å². The summed E-state index contributed by atoms with van der Waals surface area (Å²) >= 11 is 0. The van der Waals surface area contributed by atoms with Crippen molar-refractivity contribution < 1.29 is 4.52 Å². The van der Waals surface area contributed by atoms with Crippen molar-refractivity contribution in [2.24, 2.45) is 0 Å². The maximum Gasteiger partial charge on any atom is 0.124 e. The Morgan fingerprint density at radius 2 is 2.56 bits per heavy atom. The van der Waals surface area contributed by atoms with Gasteiger partial charge in [-0.1, -0.05) is 11.2 Å². The van der Waals surface area contributed by atoms with Gasteiger partial charge in [-0.3, -0.25) is 0 Å². The first kappa shape index (κ1) is 6.08. The van der Waals surface area contributed by atoms with Gasteiger partial charge in [0.05, 0.1) is 0 Å². The predicted molar refractivity (Wildman–Crippen MR) is 35.8 cm³/mol. The van der Waals surface area contributed by atoms with Gasteiger partial charge in [-0.25, -0.2) is 0 Å². The highest BCUT2D eigenvalue weighted by Gasteiger charge is 1.94. The first-order valence-corrected chi connectivity index (χ1v) is 2.88. The fourth-order valence-electron chi connectivity index (χ4n) is 0.564. The third-order valence-corrected chi connectivity index (χ3v) is 1.27. The fourth-order valence-corrected chi connectivity index (χ4v) is 0.564.